The zero-order valence-electron chi connectivity index (χ0n) is 14.2. The fourth-order valence-corrected chi connectivity index (χ4v) is 4.47. The highest BCUT2D eigenvalue weighted by atomic mass is 35.5. The van der Waals surface area contributed by atoms with Gasteiger partial charge in [-0.3, -0.25) is 9.69 Å². The van der Waals surface area contributed by atoms with E-state index >= 15 is 0 Å². The maximum absolute atomic E-state index is 12.9. The quantitative estimate of drug-likeness (QED) is 0.733. The van der Waals surface area contributed by atoms with Gasteiger partial charge < -0.3 is 10.0 Å². The third kappa shape index (κ3) is 3.56. The van der Waals surface area contributed by atoms with Gasteiger partial charge in [0.15, 0.2) is 0 Å². The SMILES string of the molecule is O=C(c1cc2ccccc2cc1O)N1CCN(Cc2ccc(Cl)s2)CC1. The molecular weight excluding hydrogens is 368 g/mol. The van der Waals surface area contributed by atoms with Crippen molar-refractivity contribution in [2.45, 2.75) is 6.54 Å². The summed E-state index contributed by atoms with van der Waals surface area (Å²) in [6, 6.07) is 15.2. The van der Waals surface area contributed by atoms with Crippen molar-refractivity contribution >= 4 is 39.6 Å². The third-order valence-corrected chi connectivity index (χ3v) is 5.98. The van der Waals surface area contributed by atoms with E-state index in [-0.39, 0.29) is 11.7 Å². The first kappa shape index (κ1) is 17.3. The summed E-state index contributed by atoms with van der Waals surface area (Å²) >= 11 is 7.59. The Balaban J connectivity index is 1.44. The van der Waals surface area contributed by atoms with E-state index in [0.717, 1.165) is 34.7 Å². The van der Waals surface area contributed by atoms with Gasteiger partial charge in [-0.25, -0.2) is 0 Å². The molecule has 0 spiro atoms. The Morgan fingerprint density at radius 3 is 2.38 bits per heavy atom. The molecule has 2 heterocycles. The Hall–Kier alpha value is -2.08. The predicted octanol–water partition coefficient (Wildman–Crippen LogP) is 4.22. The van der Waals surface area contributed by atoms with Gasteiger partial charge in [-0.15, -0.1) is 11.3 Å². The van der Waals surface area contributed by atoms with Crippen molar-refractivity contribution in [3.63, 3.8) is 0 Å². The predicted molar refractivity (Wildman–Crippen MR) is 106 cm³/mol. The summed E-state index contributed by atoms with van der Waals surface area (Å²) in [4.78, 5) is 18.2. The Labute approximate surface area is 161 Å². The number of halogens is 1. The van der Waals surface area contributed by atoms with Gasteiger partial charge in [-0.2, -0.15) is 0 Å². The molecule has 1 N–H and O–H groups in total. The van der Waals surface area contributed by atoms with E-state index in [1.54, 1.807) is 23.5 Å². The Bertz CT molecular complexity index is 948. The molecule has 1 fully saturated rings. The summed E-state index contributed by atoms with van der Waals surface area (Å²) < 4.78 is 0.806. The standard InChI is InChI=1S/C20H19ClN2O2S/c21-19-6-5-16(26-19)13-22-7-9-23(10-8-22)20(25)17-11-14-3-1-2-4-15(14)12-18(17)24/h1-6,11-12,24H,7-10,13H2. The molecule has 3 aromatic rings. The lowest BCUT2D eigenvalue weighted by molar-refractivity contribution is 0.0627. The van der Waals surface area contributed by atoms with Crippen molar-refractivity contribution in [1.29, 1.82) is 0 Å². The fourth-order valence-electron chi connectivity index (χ4n) is 3.34. The van der Waals surface area contributed by atoms with E-state index in [1.165, 1.54) is 4.88 Å². The highest BCUT2D eigenvalue weighted by Gasteiger charge is 2.24. The second-order valence-electron chi connectivity index (χ2n) is 6.49. The fraction of sp³-hybridized carbons (Fsp3) is 0.250. The summed E-state index contributed by atoms with van der Waals surface area (Å²) in [7, 11) is 0. The molecule has 0 saturated carbocycles. The van der Waals surface area contributed by atoms with E-state index < -0.39 is 0 Å². The molecule has 4 rings (SSSR count). The number of phenols is 1. The molecule has 0 radical (unpaired) electrons. The van der Waals surface area contributed by atoms with Crippen LogP contribution >= 0.6 is 22.9 Å². The van der Waals surface area contributed by atoms with Crippen molar-refractivity contribution in [2.24, 2.45) is 0 Å². The van der Waals surface area contributed by atoms with Gasteiger partial charge in [-0.1, -0.05) is 35.9 Å². The first-order valence-electron chi connectivity index (χ1n) is 8.58. The molecule has 1 aliphatic rings. The number of benzene rings is 2. The van der Waals surface area contributed by atoms with Crippen LogP contribution in [-0.2, 0) is 6.54 Å². The number of thiophene rings is 1. The Morgan fingerprint density at radius 2 is 1.73 bits per heavy atom. The molecule has 4 nitrogen and oxygen atoms in total. The number of aromatic hydroxyl groups is 1. The maximum Gasteiger partial charge on any atom is 0.257 e. The molecule has 0 atom stereocenters. The van der Waals surface area contributed by atoms with Gasteiger partial charge in [0.25, 0.3) is 5.91 Å². The molecule has 6 heteroatoms. The zero-order chi connectivity index (χ0) is 18.1. The van der Waals surface area contributed by atoms with Gasteiger partial charge in [0, 0.05) is 37.6 Å². The zero-order valence-corrected chi connectivity index (χ0v) is 15.8. The number of rotatable bonds is 3. The van der Waals surface area contributed by atoms with Crippen LogP contribution in [0.2, 0.25) is 4.34 Å². The van der Waals surface area contributed by atoms with Crippen LogP contribution in [-0.4, -0.2) is 47.0 Å². The van der Waals surface area contributed by atoms with Gasteiger partial charge in [0.05, 0.1) is 9.90 Å². The second kappa shape index (κ2) is 7.27. The van der Waals surface area contributed by atoms with Crippen molar-refractivity contribution in [2.75, 3.05) is 26.2 Å². The number of fused-ring (bicyclic) bond motifs is 1. The lowest BCUT2D eigenvalue weighted by Gasteiger charge is -2.34. The first-order valence-corrected chi connectivity index (χ1v) is 9.77. The van der Waals surface area contributed by atoms with E-state index in [0.29, 0.717) is 18.7 Å². The lowest BCUT2D eigenvalue weighted by Crippen LogP contribution is -2.48. The van der Waals surface area contributed by atoms with Crippen LogP contribution in [0.25, 0.3) is 10.8 Å². The van der Waals surface area contributed by atoms with Crippen molar-refractivity contribution < 1.29 is 9.90 Å². The normalized spacial score (nSPS) is 15.5. The average Bonchev–Trinajstić information content (AvgIpc) is 3.06. The summed E-state index contributed by atoms with van der Waals surface area (Å²) in [5.74, 6) is -0.0589. The largest absolute Gasteiger partial charge is 0.507 e. The van der Waals surface area contributed by atoms with Crippen LogP contribution in [0.3, 0.4) is 0 Å². The van der Waals surface area contributed by atoms with Crippen molar-refractivity contribution in [3.05, 3.63) is 63.3 Å². The molecule has 26 heavy (non-hydrogen) atoms. The van der Waals surface area contributed by atoms with Crippen LogP contribution in [0, 0.1) is 0 Å². The van der Waals surface area contributed by atoms with E-state index in [9.17, 15) is 9.90 Å². The second-order valence-corrected chi connectivity index (χ2v) is 8.29. The Kier molecular flexibility index (Phi) is 4.85. The van der Waals surface area contributed by atoms with Gasteiger partial charge in [0.1, 0.15) is 5.75 Å². The van der Waals surface area contributed by atoms with E-state index in [1.807, 2.05) is 35.2 Å². The molecule has 0 unspecified atom stereocenters. The maximum atomic E-state index is 12.9. The molecule has 1 aromatic heterocycles. The number of nitrogens with zero attached hydrogens (tertiary/aromatic N) is 2. The molecule has 134 valence electrons. The summed E-state index contributed by atoms with van der Waals surface area (Å²) in [6.45, 7) is 3.81. The molecular formula is C20H19ClN2O2S. The molecule has 2 aromatic carbocycles. The van der Waals surface area contributed by atoms with Crippen molar-refractivity contribution in [1.82, 2.24) is 9.80 Å². The number of hydrogen-bond donors (Lipinski definition) is 1. The summed E-state index contributed by atoms with van der Waals surface area (Å²) in [5, 5.41) is 12.2. The smallest absolute Gasteiger partial charge is 0.257 e. The number of carbonyl (C=O) groups is 1. The minimum atomic E-state index is -0.105. The number of phenolic OH excluding ortho intramolecular Hbond substituents is 1. The lowest BCUT2D eigenvalue weighted by atomic mass is 10.0. The number of carbonyl (C=O) groups excluding carboxylic acids is 1. The van der Waals surface area contributed by atoms with Gasteiger partial charge in [-0.05, 0) is 35.0 Å². The van der Waals surface area contributed by atoms with Gasteiger partial charge >= 0.3 is 0 Å². The molecule has 1 saturated heterocycles. The van der Waals surface area contributed by atoms with Crippen LogP contribution in [0.1, 0.15) is 15.2 Å². The van der Waals surface area contributed by atoms with Crippen LogP contribution in [0.15, 0.2) is 48.5 Å². The van der Waals surface area contributed by atoms with Crippen molar-refractivity contribution in [3.8, 4) is 5.75 Å². The van der Waals surface area contributed by atoms with E-state index in [2.05, 4.69) is 11.0 Å². The summed E-state index contributed by atoms with van der Waals surface area (Å²) in [6.07, 6.45) is 0. The minimum absolute atomic E-state index is 0.0457. The third-order valence-electron chi connectivity index (χ3n) is 4.76. The Morgan fingerprint density at radius 1 is 1.04 bits per heavy atom. The highest BCUT2D eigenvalue weighted by molar-refractivity contribution is 7.16. The molecule has 0 aliphatic carbocycles. The number of hydrogen-bond acceptors (Lipinski definition) is 4. The highest BCUT2D eigenvalue weighted by Crippen LogP contribution is 2.27. The topological polar surface area (TPSA) is 43.8 Å². The van der Waals surface area contributed by atoms with Gasteiger partial charge in [0.2, 0.25) is 0 Å². The van der Waals surface area contributed by atoms with Crippen LogP contribution in [0.5, 0.6) is 5.75 Å². The number of amides is 1. The summed E-state index contributed by atoms with van der Waals surface area (Å²) in [5.41, 5.74) is 0.377. The average molecular weight is 387 g/mol. The van der Waals surface area contributed by atoms with E-state index in [4.69, 9.17) is 11.6 Å². The van der Waals surface area contributed by atoms with Crippen LogP contribution in [0.4, 0.5) is 0 Å². The molecule has 1 amide bonds. The molecule has 0 bridgehead atoms. The monoisotopic (exact) mass is 386 g/mol. The molecule has 1 aliphatic heterocycles. The number of piperazine rings is 1. The minimum Gasteiger partial charge on any atom is -0.507 e. The first-order chi connectivity index (χ1) is 12.6. The van der Waals surface area contributed by atoms with Crippen LogP contribution < -0.4 is 0 Å².